The number of phenols is 1. The number of rotatable bonds is 6. The number of primary amides is 1. The molecule has 1 aliphatic heterocycles. The number of piperidine rings is 1. The van der Waals surface area contributed by atoms with Gasteiger partial charge in [0, 0.05) is 49.4 Å². The number of likely N-dealkylation sites (tertiary alicyclic amines) is 1. The van der Waals surface area contributed by atoms with Crippen molar-refractivity contribution >= 4 is 17.5 Å². The molecule has 3 aliphatic carbocycles. The summed E-state index contributed by atoms with van der Waals surface area (Å²) < 4.78 is 11.3. The van der Waals surface area contributed by atoms with E-state index in [4.69, 9.17) is 15.2 Å². The minimum Gasteiger partial charge on any atom is -0.510 e. The molecule has 0 aromatic heterocycles. The normalized spacial score (nSPS) is 29.0. The number of methoxy groups -OCH3 is 2. The number of hydrogen-bond donors (Lipinski definition) is 5. The van der Waals surface area contributed by atoms with Crippen LogP contribution in [0, 0.1) is 11.8 Å². The van der Waals surface area contributed by atoms with Gasteiger partial charge in [-0.2, -0.15) is 0 Å². The maximum Gasteiger partial charge on any atom is 0.255 e. The first-order valence-corrected chi connectivity index (χ1v) is 13.7. The van der Waals surface area contributed by atoms with Gasteiger partial charge in [0.2, 0.25) is 5.78 Å². The Balaban J connectivity index is 1.59. The fraction of sp³-hybridized carbons (Fsp3) is 0.552. The highest BCUT2D eigenvalue weighted by atomic mass is 16.5. The van der Waals surface area contributed by atoms with Crippen LogP contribution in [0.3, 0.4) is 0 Å². The van der Waals surface area contributed by atoms with E-state index in [0.29, 0.717) is 23.4 Å². The number of phenolic OH excluding ortho intramolecular Hbond substituents is 1. The Bertz CT molecular complexity index is 1380. The standard InChI is InChI=1S/C29H37N3O9/c1-31(2)22-17-10-13-9-16-20(18(33)11-14(25(16)41-4)12-32-7-5-15(40-3)6-8-32)23(34)19(13)26(36)29(17,39)27(37)21(24(22)35)28(30)38/h11,13,15,17,22,33,35-36,39H,5-10,12H2,1-4H3,(H2,30,38)/t13-,17-,22-,29-/m0/s1. The van der Waals surface area contributed by atoms with Crippen molar-refractivity contribution in [3.63, 3.8) is 0 Å². The summed E-state index contributed by atoms with van der Waals surface area (Å²) in [7, 11) is 6.38. The van der Waals surface area contributed by atoms with E-state index < -0.39 is 58.0 Å². The summed E-state index contributed by atoms with van der Waals surface area (Å²) in [4.78, 5) is 43.2. The Morgan fingerprint density at radius 2 is 1.83 bits per heavy atom. The van der Waals surface area contributed by atoms with Gasteiger partial charge in [-0.05, 0) is 51.8 Å². The number of allylic oxidation sites excluding steroid dienone is 1. The van der Waals surface area contributed by atoms with Gasteiger partial charge >= 0.3 is 0 Å². The maximum absolute atomic E-state index is 13.9. The molecule has 4 aliphatic rings. The van der Waals surface area contributed by atoms with Crippen LogP contribution in [0.4, 0.5) is 0 Å². The molecule has 12 nitrogen and oxygen atoms in total. The molecule has 0 saturated carbocycles. The predicted molar refractivity (Wildman–Crippen MR) is 146 cm³/mol. The lowest BCUT2D eigenvalue weighted by atomic mass is 9.58. The smallest absolute Gasteiger partial charge is 0.255 e. The van der Waals surface area contributed by atoms with Crippen molar-refractivity contribution in [3.8, 4) is 11.5 Å². The number of aromatic hydroxyl groups is 1. The molecule has 1 fully saturated rings. The van der Waals surface area contributed by atoms with Crippen LogP contribution in [-0.2, 0) is 27.3 Å². The predicted octanol–water partition coefficient (Wildman–Crippen LogP) is 0.740. The summed E-state index contributed by atoms with van der Waals surface area (Å²) in [5.41, 5.74) is 2.80. The third-order valence-electron chi connectivity index (χ3n) is 9.22. The van der Waals surface area contributed by atoms with Crippen LogP contribution in [0.1, 0.15) is 40.7 Å². The summed E-state index contributed by atoms with van der Waals surface area (Å²) in [6.07, 6.45) is 2.14. The zero-order valence-electron chi connectivity index (χ0n) is 23.6. The lowest BCUT2D eigenvalue weighted by Crippen LogP contribution is -2.63. The molecular weight excluding hydrogens is 534 g/mol. The average Bonchev–Trinajstić information content (AvgIpc) is 2.90. The number of amides is 1. The first-order chi connectivity index (χ1) is 19.4. The average molecular weight is 572 g/mol. The van der Waals surface area contributed by atoms with E-state index in [9.17, 15) is 34.8 Å². The van der Waals surface area contributed by atoms with Crippen molar-refractivity contribution in [2.45, 2.75) is 50.0 Å². The molecule has 1 amide bonds. The molecule has 12 heteroatoms. The quantitative estimate of drug-likeness (QED) is 0.304. The van der Waals surface area contributed by atoms with Crippen LogP contribution < -0.4 is 10.5 Å². The summed E-state index contributed by atoms with van der Waals surface area (Å²) in [6, 6.07) is 0.438. The largest absolute Gasteiger partial charge is 0.510 e. The highest BCUT2D eigenvalue weighted by molar-refractivity contribution is 6.24. The molecule has 0 spiro atoms. The minimum atomic E-state index is -2.67. The molecule has 222 valence electrons. The second-order valence-electron chi connectivity index (χ2n) is 11.6. The van der Waals surface area contributed by atoms with E-state index in [2.05, 4.69) is 4.90 Å². The topological polar surface area (TPSA) is 183 Å². The van der Waals surface area contributed by atoms with Crippen LogP contribution in [-0.4, -0.2) is 107 Å². The van der Waals surface area contributed by atoms with Crippen molar-refractivity contribution < 1.29 is 44.3 Å². The summed E-state index contributed by atoms with van der Waals surface area (Å²) in [5.74, 6) is -6.33. The molecule has 1 saturated heterocycles. The Kier molecular flexibility index (Phi) is 7.39. The Hall–Kier alpha value is -3.45. The van der Waals surface area contributed by atoms with E-state index in [1.165, 1.54) is 18.1 Å². The number of benzene rings is 1. The Morgan fingerprint density at radius 1 is 1.17 bits per heavy atom. The Morgan fingerprint density at radius 3 is 2.39 bits per heavy atom. The minimum absolute atomic E-state index is 0.0183. The van der Waals surface area contributed by atoms with Crippen LogP contribution in [0.2, 0.25) is 0 Å². The van der Waals surface area contributed by atoms with Gasteiger partial charge in [-0.25, -0.2) is 0 Å². The number of ketones is 2. The number of nitrogens with zero attached hydrogens (tertiary/aromatic N) is 2. The number of carbonyl (C=O) groups excluding carboxylic acids is 3. The molecular formula is C29H37N3O9. The maximum atomic E-state index is 13.9. The second kappa shape index (κ2) is 10.4. The van der Waals surface area contributed by atoms with Gasteiger partial charge in [0.1, 0.15) is 28.6 Å². The third kappa shape index (κ3) is 4.32. The highest BCUT2D eigenvalue weighted by Gasteiger charge is 2.63. The fourth-order valence-electron chi connectivity index (χ4n) is 7.28. The molecule has 6 N–H and O–H groups in total. The molecule has 1 aromatic carbocycles. The zero-order chi connectivity index (χ0) is 30.0. The number of Topliss-reactive ketones (excluding diaryl/α,β-unsaturated/α-hetero) is 2. The van der Waals surface area contributed by atoms with E-state index in [1.54, 1.807) is 21.2 Å². The highest BCUT2D eigenvalue weighted by Crippen LogP contribution is 2.53. The SMILES string of the molecule is COc1c(CN2CCC(OC)CC2)cc(O)c2c1C[C@H]1C[C@H]3[C@H](N(C)C)C(O)=C(C(N)=O)C(=O)[C@@]3(O)C(O)=C1C2=O. The number of aliphatic hydroxyl groups is 3. The summed E-state index contributed by atoms with van der Waals surface area (Å²) >= 11 is 0. The molecule has 1 aromatic rings. The first kappa shape index (κ1) is 29.1. The molecule has 0 radical (unpaired) electrons. The molecule has 0 unspecified atom stereocenters. The molecule has 1 heterocycles. The summed E-state index contributed by atoms with van der Waals surface area (Å²) in [6.45, 7) is 2.08. The van der Waals surface area contributed by atoms with Gasteiger partial charge in [-0.1, -0.05) is 0 Å². The van der Waals surface area contributed by atoms with E-state index in [1.807, 2.05) is 0 Å². The lowest BCUT2D eigenvalue weighted by molar-refractivity contribution is -0.148. The molecule has 4 atom stereocenters. The van der Waals surface area contributed by atoms with Gasteiger partial charge in [-0.15, -0.1) is 0 Å². The van der Waals surface area contributed by atoms with Crippen LogP contribution in [0.25, 0.3) is 0 Å². The van der Waals surface area contributed by atoms with Crippen LogP contribution >= 0.6 is 0 Å². The number of aliphatic hydroxyl groups excluding tert-OH is 2. The summed E-state index contributed by atoms with van der Waals surface area (Å²) in [5, 5.41) is 45.1. The number of nitrogens with two attached hydrogens (primary N) is 1. The van der Waals surface area contributed by atoms with Gasteiger partial charge in [0.25, 0.3) is 5.91 Å². The monoisotopic (exact) mass is 571 g/mol. The van der Waals surface area contributed by atoms with E-state index in [-0.39, 0.29) is 35.8 Å². The first-order valence-electron chi connectivity index (χ1n) is 13.7. The second-order valence-corrected chi connectivity index (χ2v) is 11.6. The van der Waals surface area contributed by atoms with Gasteiger partial charge in [-0.3, -0.25) is 24.2 Å². The third-order valence-corrected chi connectivity index (χ3v) is 9.22. The van der Waals surface area contributed by atoms with Crippen molar-refractivity contribution in [3.05, 3.63) is 45.4 Å². The Labute approximate surface area is 237 Å². The van der Waals surface area contributed by atoms with E-state index >= 15 is 0 Å². The van der Waals surface area contributed by atoms with Gasteiger partial charge in [0.05, 0.1) is 24.8 Å². The van der Waals surface area contributed by atoms with Crippen molar-refractivity contribution in [2.24, 2.45) is 17.6 Å². The van der Waals surface area contributed by atoms with Crippen molar-refractivity contribution in [2.75, 3.05) is 41.4 Å². The molecule has 5 rings (SSSR count). The fourth-order valence-corrected chi connectivity index (χ4v) is 7.28. The van der Waals surface area contributed by atoms with E-state index in [0.717, 1.165) is 25.9 Å². The number of likely N-dealkylation sites (N-methyl/N-ethyl adjacent to an activating group) is 1. The van der Waals surface area contributed by atoms with Gasteiger partial charge < -0.3 is 35.6 Å². The number of ether oxygens (including phenoxy) is 2. The number of fused-ring (bicyclic) bond motifs is 3. The molecule has 0 bridgehead atoms. The van der Waals surface area contributed by atoms with Crippen molar-refractivity contribution in [1.82, 2.24) is 9.80 Å². The van der Waals surface area contributed by atoms with Crippen LogP contribution in [0.15, 0.2) is 28.7 Å². The zero-order valence-corrected chi connectivity index (χ0v) is 23.6. The number of carbonyl (C=O) groups is 3. The van der Waals surface area contributed by atoms with Crippen LogP contribution in [0.5, 0.6) is 11.5 Å². The van der Waals surface area contributed by atoms with Crippen molar-refractivity contribution in [1.29, 1.82) is 0 Å². The molecule has 41 heavy (non-hydrogen) atoms. The van der Waals surface area contributed by atoms with Gasteiger partial charge in [0.15, 0.2) is 11.4 Å². The lowest BCUT2D eigenvalue weighted by Gasteiger charge is -2.50. The number of hydrogen-bond acceptors (Lipinski definition) is 11.